The largest absolute Gasteiger partial charge is 0.506 e. The van der Waals surface area contributed by atoms with E-state index in [4.69, 9.17) is 9.72 Å². The van der Waals surface area contributed by atoms with E-state index in [-0.39, 0.29) is 26.8 Å². The normalized spacial score (nSPS) is 13.5. The molecule has 0 spiro atoms. The first-order valence-corrected chi connectivity index (χ1v) is 12.8. The number of phenolic OH excluding ortho intramolecular Hbond substituents is 1. The molecule has 0 amide bonds. The van der Waals surface area contributed by atoms with Gasteiger partial charge in [-0.3, -0.25) is 0 Å². The molecule has 1 fully saturated rings. The zero-order valence-electron chi connectivity index (χ0n) is 21.1. The maximum Gasteiger partial charge on any atom is 0.217 e. The van der Waals surface area contributed by atoms with Gasteiger partial charge in [-0.05, 0) is 85.5 Å². The number of phenols is 1. The van der Waals surface area contributed by atoms with Gasteiger partial charge in [-0.15, -0.1) is 17.5 Å². The van der Waals surface area contributed by atoms with Crippen LogP contribution in [-0.4, -0.2) is 19.6 Å². The van der Waals surface area contributed by atoms with Gasteiger partial charge < -0.3 is 14.4 Å². The van der Waals surface area contributed by atoms with Crippen LogP contribution >= 0.6 is 0 Å². The quantitative estimate of drug-likeness (QED) is 0.193. The van der Waals surface area contributed by atoms with Gasteiger partial charge in [0.15, 0.2) is 0 Å². The molecule has 192 valence electrons. The van der Waals surface area contributed by atoms with Gasteiger partial charge in [0.1, 0.15) is 17.1 Å². The maximum atomic E-state index is 10.7. The fraction of sp³-hybridized carbons (Fsp3) is 0.188. The van der Waals surface area contributed by atoms with Crippen LogP contribution in [0.4, 0.5) is 0 Å². The van der Waals surface area contributed by atoms with Crippen molar-refractivity contribution in [3.8, 4) is 23.2 Å². The molecule has 6 aromatic rings. The van der Waals surface area contributed by atoms with Crippen LogP contribution in [0, 0.1) is 19.9 Å². The minimum absolute atomic E-state index is 0. The molecule has 3 aromatic carbocycles. The number of aryl methyl sites for hydroxylation is 2. The Balaban J connectivity index is 0.00000264. The number of aromatic nitrogens is 3. The van der Waals surface area contributed by atoms with Gasteiger partial charge in [0, 0.05) is 49.5 Å². The molecule has 38 heavy (non-hydrogen) atoms. The molecule has 0 atom stereocenters. The van der Waals surface area contributed by atoms with Crippen molar-refractivity contribution in [2.24, 2.45) is 0 Å². The molecule has 3 heterocycles. The fourth-order valence-corrected chi connectivity index (χ4v) is 5.35. The number of aromatic hydroxyl groups is 1. The number of fused-ring (bicyclic) bond motifs is 4. The summed E-state index contributed by atoms with van der Waals surface area (Å²) in [6.45, 7) is 4.09. The third-order valence-corrected chi connectivity index (χ3v) is 7.47. The van der Waals surface area contributed by atoms with Crippen LogP contribution in [0.2, 0.25) is 0 Å². The predicted octanol–water partition coefficient (Wildman–Crippen LogP) is 7.91. The second-order valence-electron chi connectivity index (χ2n) is 10.1. The Morgan fingerprint density at radius 1 is 0.921 bits per heavy atom. The first-order chi connectivity index (χ1) is 18.0. The molecule has 0 bridgehead atoms. The van der Waals surface area contributed by atoms with Crippen LogP contribution in [0.15, 0.2) is 72.8 Å². The molecular weight excluding hydrogens is 653 g/mol. The van der Waals surface area contributed by atoms with Gasteiger partial charge in [-0.2, -0.15) is 6.07 Å². The monoisotopic (exact) mass is 679 g/mol. The SMILES string of the molecule is Cc1ccc2c3ccc(Oc4ccc5cc(C6CCC6)cc(O)c5n4)[c-]c3n(-c3cccc(C)n3)c2c1.[Pt]. The second-order valence-corrected chi connectivity index (χ2v) is 10.1. The predicted molar refractivity (Wildman–Crippen MR) is 147 cm³/mol. The van der Waals surface area contributed by atoms with Crippen molar-refractivity contribution in [3.05, 3.63) is 95.7 Å². The van der Waals surface area contributed by atoms with Crippen LogP contribution in [0.5, 0.6) is 17.4 Å². The first kappa shape index (κ1) is 24.6. The Hall–Kier alpha value is -3.69. The van der Waals surface area contributed by atoms with E-state index in [1.807, 2.05) is 49.4 Å². The molecule has 7 rings (SSSR count). The molecule has 1 N–H and O–H groups in total. The Morgan fingerprint density at radius 3 is 2.55 bits per heavy atom. The van der Waals surface area contributed by atoms with E-state index >= 15 is 0 Å². The van der Waals surface area contributed by atoms with Crippen molar-refractivity contribution < 1.29 is 30.9 Å². The molecular formula is C32H26N3O2Pt-. The van der Waals surface area contributed by atoms with Crippen LogP contribution in [0.1, 0.15) is 42.0 Å². The maximum absolute atomic E-state index is 10.7. The topological polar surface area (TPSA) is 60.2 Å². The molecule has 1 aliphatic rings. The first-order valence-electron chi connectivity index (χ1n) is 12.8. The summed E-state index contributed by atoms with van der Waals surface area (Å²) in [7, 11) is 0. The summed E-state index contributed by atoms with van der Waals surface area (Å²) >= 11 is 0. The molecule has 6 heteroatoms. The Morgan fingerprint density at radius 2 is 1.76 bits per heavy atom. The van der Waals surface area contributed by atoms with E-state index in [0.717, 1.165) is 38.7 Å². The van der Waals surface area contributed by atoms with E-state index in [1.54, 1.807) is 0 Å². The average Bonchev–Trinajstić information content (AvgIpc) is 3.16. The smallest absolute Gasteiger partial charge is 0.217 e. The summed E-state index contributed by atoms with van der Waals surface area (Å²) in [5.74, 6) is 2.56. The summed E-state index contributed by atoms with van der Waals surface area (Å²) in [6.07, 6.45) is 3.63. The molecule has 0 saturated heterocycles. The third kappa shape index (κ3) is 4.15. The van der Waals surface area contributed by atoms with E-state index in [1.165, 1.54) is 30.4 Å². The van der Waals surface area contributed by atoms with Crippen molar-refractivity contribution in [1.29, 1.82) is 0 Å². The zero-order valence-corrected chi connectivity index (χ0v) is 23.4. The zero-order chi connectivity index (χ0) is 25.1. The number of nitrogens with zero attached hydrogens (tertiary/aromatic N) is 3. The van der Waals surface area contributed by atoms with Gasteiger partial charge in [0.25, 0.3) is 0 Å². The van der Waals surface area contributed by atoms with Crippen LogP contribution in [0.3, 0.4) is 0 Å². The van der Waals surface area contributed by atoms with Gasteiger partial charge in [0.2, 0.25) is 5.88 Å². The molecule has 0 unspecified atom stereocenters. The van der Waals surface area contributed by atoms with E-state index in [9.17, 15) is 5.11 Å². The summed E-state index contributed by atoms with van der Waals surface area (Å²) in [6, 6.07) is 27.8. The van der Waals surface area contributed by atoms with Crippen molar-refractivity contribution in [2.75, 3.05) is 0 Å². The van der Waals surface area contributed by atoms with Crippen LogP contribution in [-0.2, 0) is 21.1 Å². The number of ether oxygens (including phenoxy) is 1. The number of hydrogen-bond acceptors (Lipinski definition) is 4. The van der Waals surface area contributed by atoms with Crippen LogP contribution in [0.25, 0.3) is 38.5 Å². The Labute approximate surface area is 235 Å². The Kier molecular flexibility index (Phi) is 6.20. The van der Waals surface area contributed by atoms with Crippen molar-refractivity contribution in [3.63, 3.8) is 0 Å². The summed E-state index contributed by atoms with van der Waals surface area (Å²) in [4.78, 5) is 9.42. The second kappa shape index (κ2) is 9.56. The number of pyridine rings is 2. The third-order valence-electron chi connectivity index (χ3n) is 7.47. The molecule has 1 aliphatic carbocycles. The number of benzene rings is 3. The van der Waals surface area contributed by atoms with Crippen molar-refractivity contribution in [1.82, 2.24) is 14.5 Å². The minimum atomic E-state index is 0. The number of rotatable bonds is 4. The van der Waals surface area contributed by atoms with E-state index < -0.39 is 0 Å². The standard InChI is InChI=1S/C32H26N3O2.Pt/c1-19-9-12-25-26-13-11-24(18-28(26)35(27(25)15-19)30-8-3-5-20(2)33-30)37-31-14-10-22-16-23(21-6-4-7-21)17-29(36)32(22)34-31;/h3,5,8-17,21,36H,4,6-7H2,1-2H3;/q-1;. The number of hydrogen-bond donors (Lipinski definition) is 1. The van der Waals surface area contributed by atoms with E-state index in [0.29, 0.717) is 23.1 Å². The molecule has 0 radical (unpaired) electrons. The summed E-state index contributed by atoms with van der Waals surface area (Å²) in [5, 5.41) is 13.9. The van der Waals surface area contributed by atoms with Gasteiger partial charge in [0.05, 0.1) is 0 Å². The fourth-order valence-electron chi connectivity index (χ4n) is 5.35. The molecule has 1 saturated carbocycles. The molecule has 5 nitrogen and oxygen atoms in total. The summed E-state index contributed by atoms with van der Waals surface area (Å²) < 4.78 is 8.32. The van der Waals surface area contributed by atoms with Crippen molar-refractivity contribution >= 4 is 32.7 Å². The minimum Gasteiger partial charge on any atom is -0.506 e. The van der Waals surface area contributed by atoms with Gasteiger partial charge in [-0.1, -0.05) is 30.1 Å². The molecule has 3 aromatic heterocycles. The molecule has 0 aliphatic heterocycles. The Bertz CT molecular complexity index is 1840. The van der Waals surface area contributed by atoms with Gasteiger partial charge >= 0.3 is 0 Å². The average molecular weight is 680 g/mol. The van der Waals surface area contributed by atoms with E-state index in [2.05, 4.69) is 52.9 Å². The summed E-state index contributed by atoms with van der Waals surface area (Å²) in [5.41, 5.74) is 5.85. The van der Waals surface area contributed by atoms with Crippen LogP contribution < -0.4 is 4.74 Å². The van der Waals surface area contributed by atoms with Gasteiger partial charge in [-0.25, -0.2) is 9.97 Å². The van der Waals surface area contributed by atoms with Crippen molar-refractivity contribution in [2.45, 2.75) is 39.0 Å².